The Morgan fingerprint density at radius 1 is 0.458 bits per heavy atom. The third-order valence-corrected chi connectivity index (χ3v) is 12.1. The van der Waals surface area contributed by atoms with Crippen LogP contribution in [0.15, 0.2) is 180 Å². The Morgan fingerprint density at radius 3 is 1.80 bits per heavy atom. The van der Waals surface area contributed by atoms with E-state index in [0.29, 0.717) is 28.4 Å². The molecule has 0 radical (unpaired) electrons. The van der Waals surface area contributed by atoms with Crippen molar-refractivity contribution in [2.75, 3.05) is 0 Å². The second-order valence-corrected chi connectivity index (χ2v) is 15.2. The first-order valence-electron chi connectivity index (χ1n) is 19.7. The maximum absolute atomic E-state index is 10.6. The first-order chi connectivity index (χ1) is 29.3. The molecular formula is C53H29N5O. The number of para-hydroxylation sites is 4. The van der Waals surface area contributed by atoms with E-state index in [9.17, 15) is 5.26 Å². The van der Waals surface area contributed by atoms with Gasteiger partial charge in [-0.3, -0.25) is 0 Å². The predicted molar refractivity (Wildman–Crippen MR) is 239 cm³/mol. The molecule has 13 rings (SSSR count). The predicted octanol–water partition coefficient (Wildman–Crippen LogP) is 13.5. The fourth-order valence-corrected chi connectivity index (χ4v) is 9.71. The van der Waals surface area contributed by atoms with Crippen LogP contribution in [-0.4, -0.2) is 18.9 Å². The van der Waals surface area contributed by atoms with Crippen molar-refractivity contribution in [1.29, 1.82) is 5.26 Å². The van der Waals surface area contributed by atoms with Crippen molar-refractivity contribution in [3.8, 4) is 45.7 Å². The average Bonchev–Trinajstić information content (AvgIpc) is 4.05. The zero-order chi connectivity index (χ0) is 38.8. The molecule has 0 bridgehead atoms. The fraction of sp³-hybridized carbons (Fsp3) is 0. The molecule has 5 aromatic heterocycles. The van der Waals surface area contributed by atoms with Crippen LogP contribution in [0.25, 0.3) is 121 Å². The van der Waals surface area contributed by atoms with Gasteiger partial charge in [0.15, 0.2) is 5.82 Å². The van der Waals surface area contributed by atoms with Crippen molar-refractivity contribution in [2.45, 2.75) is 0 Å². The summed E-state index contributed by atoms with van der Waals surface area (Å²) in [7, 11) is 0. The van der Waals surface area contributed by atoms with Crippen LogP contribution < -0.4 is 0 Å². The van der Waals surface area contributed by atoms with Gasteiger partial charge < -0.3 is 13.4 Å². The lowest BCUT2D eigenvalue weighted by Crippen LogP contribution is -2.02. The summed E-state index contributed by atoms with van der Waals surface area (Å²) >= 11 is 0. The average molecular weight is 752 g/mol. The first kappa shape index (κ1) is 31.9. The summed E-state index contributed by atoms with van der Waals surface area (Å²) in [6, 6.07) is 63.4. The number of hydrogen-bond acceptors (Lipinski definition) is 4. The molecule has 0 saturated carbocycles. The molecule has 0 atom stereocenters. The Kier molecular flexibility index (Phi) is 6.42. The van der Waals surface area contributed by atoms with E-state index in [1.165, 1.54) is 48.9 Å². The number of nitriles is 1. The monoisotopic (exact) mass is 751 g/mol. The standard InChI is InChI=1S/C53H29N5O/c54-30-39-49(31-14-3-1-4-15-31)55-53(56-50(39)32-16-5-2-6-17-32)38-26-27-44(48-36-20-9-12-25-45(36)59-52(38)48)57-41-24-11-8-19-35(41)46-42(57)28-29-43-47(46)37-22-13-21-34-33-18-7-10-23-40(33)58(43)51(34)37/h1-29H. The summed E-state index contributed by atoms with van der Waals surface area (Å²) in [6.07, 6.45) is 0. The molecule has 0 spiro atoms. The second kappa shape index (κ2) is 11.9. The zero-order valence-corrected chi connectivity index (χ0v) is 31.4. The molecule has 0 saturated heterocycles. The lowest BCUT2D eigenvalue weighted by molar-refractivity contribution is 0.669. The van der Waals surface area contributed by atoms with E-state index >= 15 is 0 Å². The maximum Gasteiger partial charge on any atom is 0.164 e. The number of benzene rings is 8. The van der Waals surface area contributed by atoms with Gasteiger partial charge in [-0.1, -0.05) is 133 Å². The quantitative estimate of drug-likeness (QED) is 0.179. The van der Waals surface area contributed by atoms with Crippen LogP contribution in [0, 0.1) is 11.3 Å². The Balaban J connectivity index is 1.14. The lowest BCUT2D eigenvalue weighted by Gasteiger charge is -2.14. The Bertz CT molecular complexity index is 3840. The Hall–Kier alpha value is -8.27. The smallest absolute Gasteiger partial charge is 0.164 e. The highest BCUT2D eigenvalue weighted by Crippen LogP contribution is 2.47. The van der Waals surface area contributed by atoms with Gasteiger partial charge in [-0.2, -0.15) is 5.26 Å². The number of rotatable bonds is 4. The van der Waals surface area contributed by atoms with E-state index in [1.54, 1.807) is 0 Å². The van der Waals surface area contributed by atoms with Crippen LogP contribution in [0.4, 0.5) is 0 Å². The first-order valence-corrected chi connectivity index (χ1v) is 19.7. The van der Waals surface area contributed by atoms with Gasteiger partial charge in [-0.15, -0.1) is 0 Å². The van der Waals surface area contributed by atoms with Gasteiger partial charge in [0.25, 0.3) is 0 Å². The minimum Gasteiger partial charge on any atom is -0.455 e. The van der Waals surface area contributed by atoms with Gasteiger partial charge in [0, 0.05) is 48.8 Å². The molecular weight excluding hydrogens is 723 g/mol. The minimum atomic E-state index is 0.428. The van der Waals surface area contributed by atoms with Gasteiger partial charge in [0.05, 0.1) is 55.6 Å². The molecule has 0 unspecified atom stereocenters. The van der Waals surface area contributed by atoms with E-state index in [4.69, 9.17) is 14.4 Å². The fourth-order valence-electron chi connectivity index (χ4n) is 9.71. The summed E-state index contributed by atoms with van der Waals surface area (Å²) in [5.41, 5.74) is 12.4. The van der Waals surface area contributed by atoms with Crippen molar-refractivity contribution in [2.24, 2.45) is 0 Å². The lowest BCUT2D eigenvalue weighted by atomic mass is 9.99. The highest BCUT2D eigenvalue weighted by molar-refractivity contribution is 6.33. The summed E-state index contributed by atoms with van der Waals surface area (Å²) in [6.45, 7) is 0. The van der Waals surface area contributed by atoms with Crippen molar-refractivity contribution in [3.63, 3.8) is 0 Å². The van der Waals surface area contributed by atoms with E-state index in [-0.39, 0.29) is 0 Å². The van der Waals surface area contributed by atoms with Crippen molar-refractivity contribution >= 4 is 81.8 Å². The third-order valence-electron chi connectivity index (χ3n) is 12.1. The third kappa shape index (κ3) is 4.28. The van der Waals surface area contributed by atoms with Gasteiger partial charge in [0.1, 0.15) is 22.8 Å². The van der Waals surface area contributed by atoms with Gasteiger partial charge in [-0.25, -0.2) is 9.97 Å². The zero-order valence-electron chi connectivity index (χ0n) is 31.4. The van der Waals surface area contributed by atoms with E-state index in [0.717, 1.165) is 49.8 Å². The molecule has 13 aromatic rings. The van der Waals surface area contributed by atoms with Crippen LogP contribution in [0.3, 0.4) is 0 Å². The van der Waals surface area contributed by atoms with Gasteiger partial charge in [-0.05, 0) is 42.5 Å². The van der Waals surface area contributed by atoms with E-state index < -0.39 is 0 Å². The Labute approximate surface area is 336 Å². The van der Waals surface area contributed by atoms with Crippen molar-refractivity contribution in [1.82, 2.24) is 18.9 Å². The van der Waals surface area contributed by atoms with Crippen LogP contribution in [0.5, 0.6) is 0 Å². The number of fused-ring (bicyclic) bond motifs is 13. The van der Waals surface area contributed by atoms with Crippen LogP contribution in [0.2, 0.25) is 0 Å². The minimum absolute atomic E-state index is 0.428. The molecule has 0 amide bonds. The highest BCUT2D eigenvalue weighted by atomic mass is 16.3. The topological polar surface area (TPSA) is 72.0 Å². The van der Waals surface area contributed by atoms with Crippen LogP contribution in [-0.2, 0) is 0 Å². The summed E-state index contributed by atoms with van der Waals surface area (Å²) in [5.74, 6) is 0.486. The van der Waals surface area contributed by atoms with Crippen LogP contribution in [0.1, 0.15) is 5.56 Å². The largest absolute Gasteiger partial charge is 0.455 e. The van der Waals surface area contributed by atoms with Crippen molar-refractivity contribution < 1.29 is 4.42 Å². The summed E-state index contributed by atoms with van der Waals surface area (Å²) < 4.78 is 11.7. The normalized spacial score (nSPS) is 12.1. The van der Waals surface area contributed by atoms with E-state index in [2.05, 4.69) is 118 Å². The second-order valence-electron chi connectivity index (χ2n) is 15.2. The number of aromatic nitrogens is 4. The number of furan rings is 1. The molecule has 0 aliphatic carbocycles. The van der Waals surface area contributed by atoms with Gasteiger partial charge >= 0.3 is 0 Å². The van der Waals surface area contributed by atoms with E-state index in [1.807, 2.05) is 72.8 Å². The van der Waals surface area contributed by atoms with Gasteiger partial charge in [0.2, 0.25) is 0 Å². The molecule has 59 heavy (non-hydrogen) atoms. The Morgan fingerprint density at radius 2 is 1.05 bits per heavy atom. The molecule has 0 N–H and O–H groups in total. The molecule has 0 aliphatic heterocycles. The summed E-state index contributed by atoms with van der Waals surface area (Å²) in [5, 5.41) is 20.0. The summed E-state index contributed by atoms with van der Waals surface area (Å²) in [4.78, 5) is 10.3. The van der Waals surface area contributed by atoms with Crippen molar-refractivity contribution in [3.05, 3.63) is 181 Å². The molecule has 0 fully saturated rings. The van der Waals surface area contributed by atoms with Crippen LogP contribution >= 0.6 is 0 Å². The SMILES string of the molecule is N#Cc1c(-c2ccccc2)nc(-c2ccc(-n3c4ccccc4c4c5c6cccc7c8ccccc8n(c5ccc43)c76)c3c2oc2ccccc23)nc1-c1ccccc1. The number of hydrogen-bond donors (Lipinski definition) is 0. The molecule has 6 nitrogen and oxygen atoms in total. The molecule has 6 heteroatoms. The maximum atomic E-state index is 10.6. The molecule has 0 aliphatic rings. The highest BCUT2D eigenvalue weighted by Gasteiger charge is 2.26. The number of nitrogens with zero attached hydrogens (tertiary/aromatic N) is 5. The molecule has 8 aromatic carbocycles. The molecule has 272 valence electrons. The molecule has 5 heterocycles.